The number of sulfonamides is 1. The van der Waals surface area contributed by atoms with Crippen molar-refractivity contribution in [3.05, 3.63) is 47.8 Å². The summed E-state index contributed by atoms with van der Waals surface area (Å²) in [6, 6.07) is 8.20. The average Bonchev–Trinajstić information content (AvgIpc) is 3.32. The molecule has 4 rings (SSSR count). The largest absolute Gasteiger partial charge is 0.379 e. The first kappa shape index (κ1) is 23.1. The number of piperidine rings is 1. The van der Waals surface area contributed by atoms with Gasteiger partial charge in [0.25, 0.3) is 5.91 Å². The van der Waals surface area contributed by atoms with E-state index in [1.54, 1.807) is 24.3 Å². The molecule has 3 heterocycles. The molecule has 33 heavy (non-hydrogen) atoms. The molecule has 1 aromatic carbocycles. The molecule has 176 valence electrons. The lowest BCUT2D eigenvalue weighted by Gasteiger charge is -2.35. The van der Waals surface area contributed by atoms with Gasteiger partial charge in [-0.05, 0) is 36.6 Å². The minimum atomic E-state index is -3.70. The first-order chi connectivity index (χ1) is 15.8. The Morgan fingerprint density at radius 2 is 1.88 bits per heavy atom. The van der Waals surface area contributed by atoms with Gasteiger partial charge < -0.3 is 15.0 Å². The Labute approximate surface area is 191 Å². The lowest BCUT2D eigenvalue weighted by molar-refractivity contribution is -0.138. The van der Waals surface area contributed by atoms with Crippen LogP contribution in [0.1, 0.15) is 42.2 Å². The molecule has 3 amide bonds. The van der Waals surface area contributed by atoms with E-state index in [9.17, 15) is 22.8 Å². The highest BCUT2D eigenvalue weighted by Crippen LogP contribution is 2.36. The minimum absolute atomic E-state index is 0.0210. The molecular weight excluding hydrogens is 448 g/mol. The predicted molar refractivity (Wildman–Crippen MR) is 119 cm³/mol. The highest BCUT2D eigenvalue weighted by atomic mass is 32.2. The number of rotatable bonds is 6. The van der Waals surface area contributed by atoms with Crippen molar-refractivity contribution in [2.75, 3.05) is 31.6 Å². The number of amides is 3. The van der Waals surface area contributed by atoms with Gasteiger partial charge in [-0.25, -0.2) is 8.42 Å². The summed E-state index contributed by atoms with van der Waals surface area (Å²) in [5.41, 5.74) is 0.598. The summed E-state index contributed by atoms with van der Waals surface area (Å²) < 4.78 is 32.0. The van der Waals surface area contributed by atoms with Crippen molar-refractivity contribution < 1.29 is 27.5 Å². The van der Waals surface area contributed by atoms with Crippen molar-refractivity contribution >= 4 is 33.4 Å². The highest BCUT2D eigenvalue weighted by Gasteiger charge is 2.42. The van der Waals surface area contributed by atoms with E-state index in [0.717, 1.165) is 5.56 Å². The normalized spacial score (nSPS) is 22.1. The number of nitrogens with zero attached hydrogens (tertiary/aromatic N) is 1. The zero-order valence-corrected chi connectivity index (χ0v) is 19.0. The van der Waals surface area contributed by atoms with Crippen LogP contribution in [0, 0.1) is 0 Å². The van der Waals surface area contributed by atoms with Crippen molar-refractivity contribution in [2.45, 2.75) is 36.5 Å². The molecule has 3 N–H and O–H groups in total. The van der Waals surface area contributed by atoms with Crippen molar-refractivity contribution in [3.8, 4) is 0 Å². The number of aromatic nitrogens is 1. The number of hydrogen-bond donors (Lipinski definition) is 3. The van der Waals surface area contributed by atoms with Crippen LogP contribution < -0.4 is 10.6 Å². The van der Waals surface area contributed by atoms with Gasteiger partial charge in [-0.3, -0.25) is 19.7 Å². The number of carbonyl (C=O) groups is 3. The fourth-order valence-corrected chi connectivity index (χ4v) is 5.63. The van der Waals surface area contributed by atoms with E-state index in [2.05, 4.69) is 15.6 Å². The molecule has 2 saturated heterocycles. The Hall–Kier alpha value is -3.02. The van der Waals surface area contributed by atoms with Crippen LogP contribution in [-0.2, 0) is 29.8 Å². The predicted octanol–water partition coefficient (Wildman–Crippen LogP) is 1.37. The third kappa shape index (κ3) is 4.43. The third-order valence-electron chi connectivity index (χ3n) is 6.27. The number of carbonyl (C=O) groups excluding carboxylic acids is 3. The van der Waals surface area contributed by atoms with Gasteiger partial charge in [-0.2, -0.15) is 4.31 Å². The molecule has 11 heteroatoms. The zero-order chi connectivity index (χ0) is 23.6. The lowest BCUT2D eigenvalue weighted by Crippen LogP contribution is -2.51. The van der Waals surface area contributed by atoms with E-state index in [0.29, 0.717) is 31.7 Å². The summed E-state index contributed by atoms with van der Waals surface area (Å²) in [6.07, 6.45) is 2.56. The molecule has 2 fully saturated rings. The van der Waals surface area contributed by atoms with Crippen LogP contribution in [0.5, 0.6) is 0 Å². The number of ether oxygens (including phenoxy) is 1. The van der Waals surface area contributed by atoms with Crippen LogP contribution in [0.3, 0.4) is 0 Å². The van der Waals surface area contributed by atoms with Crippen LogP contribution in [0.4, 0.5) is 5.69 Å². The quantitative estimate of drug-likeness (QED) is 0.541. The SMILES string of the molecule is CCC1(c2ccc(NC(=O)c3cc(S(=O)(=O)N4CCOCC4)c[nH]3)cc2)CCC(=O)NC1=O. The molecule has 2 aliphatic rings. The number of aromatic amines is 1. The fraction of sp³-hybridized carbons (Fsp3) is 0.409. The fourth-order valence-electron chi connectivity index (χ4n) is 4.23. The monoisotopic (exact) mass is 474 g/mol. The van der Waals surface area contributed by atoms with Crippen LogP contribution >= 0.6 is 0 Å². The number of benzene rings is 1. The molecule has 0 aliphatic carbocycles. The molecule has 1 aromatic heterocycles. The Balaban J connectivity index is 1.46. The topological polar surface area (TPSA) is 138 Å². The van der Waals surface area contributed by atoms with E-state index < -0.39 is 21.3 Å². The summed E-state index contributed by atoms with van der Waals surface area (Å²) in [7, 11) is -3.70. The van der Waals surface area contributed by atoms with Gasteiger partial charge in [0.2, 0.25) is 21.8 Å². The summed E-state index contributed by atoms with van der Waals surface area (Å²) in [5.74, 6) is -1.07. The second-order valence-corrected chi connectivity index (χ2v) is 10.0. The van der Waals surface area contributed by atoms with E-state index in [4.69, 9.17) is 4.74 Å². The second-order valence-electron chi connectivity index (χ2n) is 8.11. The molecule has 0 saturated carbocycles. The lowest BCUT2D eigenvalue weighted by atomic mass is 9.72. The standard InChI is InChI=1S/C22H26N4O6S/c1-2-22(8-7-19(27)25-21(22)29)15-3-5-16(6-4-15)24-20(28)18-13-17(14-23-18)33(30,31)26-9-11-32-12-10-26/h3-6,13-14,23H,2,7-12H2,1H3,(H,24,28)(H,25,27,29). The molecule has 0 radical (unpaired) electrons. The molecule has 2 aromatic rings. The number of nitrogens with one attached hydrogen (secondary N) is 3. The summed E-state index contributed by atoms with van der Waals surface area (Å²) in [5, 5.41) is 5.14. The van der Waals surface area contributed by atoms with Crippen LogP contribution in [0.15, 0.2) is 41.4 Å². The molecule has 10 nitrogen and oxygen atoms in total. The van der Waals surface area contributed by atoms with Gasteiger partial charge in [0.05, 0.1) is 18.6 Å². The smallest absolute Gasteiger partial charge is 0.272 e. The van der Waals surface area contributed by atoms with Gasteiger partial charge in [-0.15, -0.1) is 0 Å². The summed E-state index contributed by atoms with van der Waals surface area (Å²) in [6.45, 7) is 3.12. The number of anilines is 1. The molecule has 2 aliphatic heterocycles. The molecule has 0 spiro atoms. The second kappa shape index (κ2) is 9.08. The van der Waals surface area contributed by atoms with E-state index in [1.165, 1.54) is 16.6 Å². The molecule has 1 unspecified atom stereocenters. The van der Waals surface area contributed by atoms with Gasteiger partial charge in [-0.1, -0.05) is 19.1 Å². The highest BCUT2D eigenvalue weighted by molar-refractivity contribution is 7.89. The third-order valence-corrected chi connectivity index (χ3v) is 8.15. The number of imide groups is 1. The maximum atomic E-state index is 12.7. The molecular formula is C22H26N4O6S. The Kier molecular flexibility index (Phi) is 6.37. The molecule has 0 bridgehead atoms. The average molecular weight is 475 g/mol. The first-order valence-electron chi connectivity index (χ1n) is 10.8. The van der Waals surface area contributed by atoms with Gasteiger partial charge in [0.15, 0.2) is 0 Å². The van der Waals surface area contributed by atoms with Crippen LogP contribution in [0.25, 0.3) is 0 Å². The van der Waals surface area contributed by atoms with Gasteiger partial charge >= 0.3 is 0 Å². The Morgan fingerprint density at radius 3 is 2.52 bits per heavy atom. The number of H-pyrrole nitrogens is 1. The van der Waals surface area contributed by atoms with Crippen molar-refractivity contribution in [3.63, 3.8) is 0 Å². The van der Waals surface area contributed by atoms with Crippen molar-refractivity contribution in [1.29, 1.82) is 0 Å². The van der Waals surface area contributed by atoms with Gasteiger partial charge in [0.1, 0.15) is 10.6 Å². The van der Waals surface area contributed by atoms with Crippen molar-refractivity contribution in [2.24, 2.45) is 0 Å². The van der Waals surface area contributed by atoms with Crippen molar-refractivity contribution in [1.82, 2.24) is 14.6 Å². The number of morpholine rings is 1. The van der Waals surface area contributed by atoms with Crippen LogP contribution in [0.2, 0.25) is 0 Å². The minimum Gasteiger partial charge on any atom is -0.379 e. The number of hydrogen-bond acceptors (Lipinski definition) is 6. The van der Waals surface area contributed by atoms with E-state index >= 15 is 0 Å². The maximum absolute atomic E-state index is 12.7. The van der Waals surface area contributed by atoms with Crippen LogP contribution in [-0.4, -0.2) is 61.7 Å². The first-order valence-corrected chi connectivity index (χ1v) is 12.2. The maximum Gasteiger partial charge on any atom is 0.272 e. The Morgan fingerprint density at radius 1 is 1.18 bits per heavy atom. The molecule has 1 atom stereocenters. The zero-order valence-electron chi connectivity index (χ0n) is 18.2. The van der Waals surface area contributed by atoms with E-state index in [-0.39, 0.29) is 41.9 Å². The Bertz CT molecular complexity index is 1170. The van der Waals surface area contributed by atoms with Gasteiger partial charge in [0, 0.05) is 31.4 Å². The van der Waals surface area contributed by atoms with E-state index in [1.807, 2.05) is 6.92 Å². The summed E-state index contributed by atoms with van der Waals surface area (Å²) >= 11 is 0. The summed E-state index contributed by atoms with van der Waals surface area (Å²) in [4.78, 5) is 39.5.